The minimum Gasteiger partial charge on any atom is -0.373 e. The van der Waals surface area contributed by atoms with Crippen LogP contribution in [0.1, 0.15) is 28.8 Å². The Labute approximate surface area is 156 Å². The van der Waals surface area contributed by atoms with Gasteiger partial charge in [0.1, 0.15) is 11.2 Å². The molecule has 0 atom stereocenters. The van der Waals surface area contributed by atoms with Gasteiger partial charge in [0, 0.05) is 37.9 Å². The first-order valence-electron chi connectivity index (χ1n) is 8.98. The fourth-order valence-electron chi connectivity index (χ4n) is 3.27. The van der Waals surface area contributed by atoms with E-state index in [1.165, 1.54) is 10.6 Å². The van der Waals surface area contributed by atoms with Crippen molar-refractivity contribution in [3.8, 4) is 0 Å². The summed E-state index contributed by atoms with van der Waals surface area (Å²) in [6.45, 7) is 1.64. The number of likely N-dealkylation sites (tertiary alicyclic amines) is 1. The van der Waals surface area contributed by atoms with Crippen LogP contribution in [0.25, 0.3) is 5.65 Å². The van der Waals surface area contributed by atoms with E-state index in [0.717, 1.165) is 18.4 Å². The number of nitrogens with zero attached hydrogens (tertiary/aromatic N) is 4. The van der Waals surface area contributed by atoms with Gasteiger partial charge in [-0.3, -0.25) is 19.0 Å². The minimum absolute atomic E-state index is 0.102. The van der Waals surface area contributed by atoms with E-state index in [0.29, 0.717) is 25.3 Å². The summed E-state index contributed by atoms with van der Waals surface area (Å²) in [6.07, 6.45) is 8.12. The Bertz CT molecular complexity index is 995. The molecule has 7 nitrogen and oxygen atoms in total. The summed E-state index contributed by atoms with van der Waals surface area (Å²) in [5.74, 6) is -0.267. The van der Waals surface area contributed by atoms with Gasteiger partial charge in [-0.2, -0.15) is 0 Å². The molecule has 1 amide bonds. The summed E-state index contributed by atoms with van der Waals surface area (Å²) in [7, 11) is 0. The Morgan fingerprint density at radius 3 is 2.78 bits per heavy atom. The number of hydrogen-bond acceptors (Lipinski definition) is 5. The van der Waals surface area contributed by atoms with Crippen LogP contribution in [0.15, 0.2) is 59.9 Å². The fraction of sp³-hybridized carbons (Fsp3) is 0.300. The second-order valence-corrected chi connectivity index (χ2v) is 6.57. The summed E-state index contributed by atoms with van der Waals surface area (Å²) in [5.41, 5.74) is 1.34. The topological polar surface area (TPSA) is 76.8 Å². The minimum atomic E-state index is -0.333. The van der Waals surface area contributed by atoms with Crippen molar-refractivity contribution in [2.75, 3.05) is 13.1 Å². The highest BCUT2D eigenvalue weighted by Crippen LogP contribution is 2.17. The lowest BCUT2D eigenvalue weighted by Crippen LogP contribution is -2.43. The van der Waals surface area contributed by atoms with Crippen molar-refractivity contribution >= 4 is 11.6 Å². The van der Waals surface area contributed by atoms with Gasteiger partial charge >= 0.3 is 0 Å². The summed E-state index contributed by atoms with van der Waals surface area (Å²) in [6, 6.07) is 9.15. The molecule has 3 aromatic heterocycles. The van der Waals surface area contributed by atoms with Crippen molar-refractivity contribution in [1.29, 1.82) is 0 Å². The summed E-state index contributed by atoms with van der Waals surface area (Å²) >= 11 is 0. The highest BCUT2D eigenvalue weighted by Gasteiger charge is 2.26. The molecule has 1 aliphatic rings. The average Bonchev–Trinajstić information content (AvgIpc) is 2.73. The fourth-order valence-corrected chi connectivity index (χ4v) is 3.27. The smallest absolute Gasteiger partial charge is 0.270 e. The van der Waals surface area contributed by atoms with Crippen LogP contribution in [0.5, 0.6) is 0 Å². The highest BCUT2D eigenvalue weighted by atomic mass is 16.5. The standard InChI is InChI=1S/C20H20N4O3/c25-19(17-13-22-18-5-1-2-9-24(18)20(17)26)23-10-6-16(7-11-23)27-14-15-4-3-8-21-12-15/h1-5,8-9,12-13,16H,6-7,10-11,14H2. The molecule has 0 unspecified atom stereocenters. The first-order valence-corrected chi connectivity index (χ1v) is 8.98. The molecule has 4 heterocycles. The second-order valence-electron chi connectivity index (χ2n) is 6.57. The molecular weight excluding hydrogens is 344 g/mol. The molecule has 0 aromatic carbocycles. The maximum Gasteiger partial charge on any atom is 0.270 e. The van der Waals surface area contributed by atoms with E-state index in [1.807, 2.05) is 12.1 Å². The third-order valence-corrected chi connectivity index (χ3v) is 4.78. The van der Waals surface area contributed by atoms with Gasteiger partial charge in [0.05, 0.1) is 12.7 Å². The van der Waals surface area contributed by atoms with Crippen LogP contribution in [0, 0.1) is 0 Å². The molecule has 3 aromatic rings. The third kappa shape index (κ3) is 3.73. The zero-order chi connectivity index (χ0) is 18.6. The summed E-state index contributed by atoms with van der Waals surface area (Å²) in [4.78, 5) is 35.4. The first-order chi connectivity index (χ1) is 13.2. The Balaban J connectivity index is 1.39. The Morgan fingerprint density at radius 1 is 1.15 bits per heavy atom. The molecule has 0 saturated carbocycles. The number of fused-ring (bicyclic) bond motifs is 1. The van der Waals surface area contributed by atoms with Crippen molar-refractivity contribution < 1.29 is 9.53 Å². The van der Waals surface area contributed by atoms with Crippen molar-refractivity contribution in [3.63, 3.8) is 0 Å². The summed E-state index contributed by atoms with van der Waals surface area (Å²) in [5, 5.41) is 0. The van der Waals surface area contributed by atoms with Crippen molar-refractivity contribution in [1.82, 2.24) is 19.3 Å². The van der Waals surface area contributed by atoms with Gasteiger partial charge in [0.15, 0.2) is 0 Å². The Hall–Kier alpha value is -3.06. The molecule has 27 heavy (non-hydrogen) atoms. The van der Waals surface area contributed by atoms with Crippen LogP contribution >= 0.6 is 0 Å². The van der Waals surface area contributed by atoms with Gasteiger partial charge in [0.25, 0.3) is 11.5 Å². The summed E-state index contributed by atoms with van der Waals surface area (Å²) < 4.78 is 7.33. The Morgan fingerprint density at radius 2 is 2.00 bits per heavy atom. The van der Waals surface area contributed by atoms with Crippen molar-refractivity contribution in [3.05, 3.63) is 76.6 Å². The van der Waals surface area contributed by atoms with Crippen LogP contribution in [-0.2, 0) is 11.3 Å². The molecule has 1 fully saturated rings. The van der Waals surface area contributed by atoms with Gasteiger partial charge in [0.2, 0.25) is 0 Å². The van der Waals surface area contributed by atoms with Crippen LogP contribution in [0.3, 0.4) is 0 Å². The van der Waals surface area contributed by atoms with Gasteiger partial charge in [-0.25, -0.2) is 4.98 Å². The number of pyridine rings is 2. The number of hydrogen-bond donors (Lipinski definition) is 0. The van der Waals surface area contributed by atoms with E-state index < -0.39 is 0 Å². The number of carbonyl (C=O) groups excluding carboxylic acids is 1. The quantitative estimate of drug-likeness (QED) is 0.707. The lowest BCUT2D eigenvalue weighted by molar-refractivity contribution is -0.000518. The number of ether oxygens (including phenoxy) is 1. The van der Waals surface area contributed by atoms with E-state index in [1.54, 1.807) is 41.7 Å². The number of aromatic nitrogens is 3. The Kier molecular flexibility index (Phi) is 4.93. The van der Waals surface area contributed by atoms with Crippen LogP contribution in [-0.4, -0.2) is 44.4 Å². The normalized spacial score (nSPS) is 15.2. The molecule has 0 N–H and O–H groups in total. The van der Waals surface area contributed by atoms with Gasteiger partial charge in [-0.15, -0.1) is 0 Å². The molecule has 138 valence electrons. The van der Waals surface area contributed by atoms with E-state index >= 15 is 0 Å². The SMILES string of the molecule is O=C(c1cnc2ccccn2c1=O)N1CCC(OCc2cccnc2)CC1. The van der Waals surface area contributed by atoms with Gasteiger partial charge in [-0.05, 0) is 36.6 Å². The number of amides is 1. The van der Waals surface area contributed by atoms with E-state index in [4.69, 9.17) is 4.74 Å². The molecule has 7 heteroatoms. The zero-order valence-electron chi connectivity index (χ0n) is 14.8. The number of piperidine rings is 1. The molecule has 0 radical (unpaired) electrons. The van der Waals surface area contributed by atoms with Crippen molar-refractivity contribution in [2.24, 2.45) is 0 Å². The van der Waals surface area contributed by atoms with Gasteiger partial charge in [-0.1, -0.05) is 12.1 Å². The number of carbonyl (C=O) groups is 1. The molecule has 4 rings (SSSR count). The van der Waals surface area contributed by atoms with Crippen molar-refractivity contribution in [2.45, 2.75) is 25.6 Å². The predicted molar refractivity (Wildman–Crippen MR) is 99.4 cm³/mol. The van der Waals surface area contributed by atoms with E-state index in [2.05, 4.69) is 9.97 Å². The van der Waals surface area contributed by atoms with Crippen LogP contribution in [0.4, 0.5) is 0 Å². The predicted octanol–water partition coefficient (Wildman–Crippen LogP) is 1.91. The molecule has 1 aliphatic heterocycles. The molecular formula is C20H20N4O3. The number of rotatable bonds is 4. The highest BCUT2D eigenvalue weighted by molar-refractivity contribution is 5.93. The average molecular weight is 364 g/mol. The lowest BCUT2D eigenvalue weighted by Gasteiger charge is -2.31. The third-order valence-electron chi connectivity index (χ3n) is 4.78. The largest absolute Gasteiger partial charge is 0.373 e. The molecule has 0 spiro atoms. The van der Waals surface area contributed by atoms with E-state index in [9.17, 15) is 9.59 Å². The lowest BCUT2D eigenvalue weighted by atomic mass is 10.1. The molecule has 1 saturated heterocycles. The maximum absolute atomic E-state index is 12.8. The molecule has 0 bridgehead atoms. The second kappa shape index (κ2) is 7.67. The molecule has 0 aliphatic carbocycles. The van der Waals surface area contributed by atoms with Crippen LogP contribution in [0.2, 0.25) is 0 Å². The van der Waals surface area contributed by atoms with Gasteiger partial charge < -0.3 is 9.64 Å². The van der Waals surface area contributed by atoms with E-state index in [-0.39, 0.29) is 23.1 Å². The monoisotopic (exact) mass is 364 g/mol. The van der Waals surface area contributed by atoms with Crippen LogP contribution < -0.4 is 5.56 Å². The first kappa shape index (κ1) is 17.4. The maximum atomic E-state index is 12.8. The zero-order valence-corrected chi connectivity index (χ0v) is 14.8.